The molecular formula is C23H23N3O3S. The maximum absolute atomic E-state index is 12.2. The molecule has 0 spiro atoms. The van der Waals surface area contributed by atoms with E-state index in [4.69, 9.17) is 4.18 Å². The molecule has 4 aromatic rings. The van der Waals surface area contributed by atoms with Gasteiger partial charge in [0.2, 0.25) is 0 Å². The fourth-order valence-electron chi connectivity index (χ4n) is 3.22. The number of aromatic nitrogens is 2. The molecule has 0 bridgehead atoms. The lowest BCUT2D eigenvalue weighted by Gasteiger charge is -2.09. The predicted octanol–water partition coefficient (Wildman–Crippen LogP) is 4.54. The van der Waals surface area contributed by atoms with Gasteiger partial charge in [-0.15, -0.1) is 0 Å². The highest BCUT2D eigenvalue weighted by molar-refractivity contribution is 7.86. The zero-order valence-electron chi connectivity index (χ0n) is 16.7. The molecule has 6 nitrogen and oxygen atoms in total. The summed E-state index contributed by atoms with van der Waals surface area (Å²) in [5.74, 6) is 0. The van der Waals surface area contributed by atoms with E-state index in [0.29, 0.717) is 13.0 Å². The van der Waals surface area contributed by atoms with E-state index in [9.17, 15) is 8.42 Å². The van der Waals surface area contributed by atoms with Crippen LogP contribution >= 0.6 is 0 Å². The van der Waals surface area contributed by atoms with Crippen LogP contribution in [-0.2, 0) is 14.3 Å². The Morgan fingerprint density at radius 2 is 1.73 bits per heavy atom. The average Bonchev–Trinajstić information content (AvgIpc) is 3.19. The van der Waals surface area contributed by atoms with Crippen molar-refractivity contribution >= 4 is 26.7 Å². The number of anilines is 1. The first-order chi connectivity index (χ1) is 14.5. The summed E-state index contributed by atoms with van der Waals surface area (Å²) in [5, 5.41) is 8.88. The fraction of sp³-hybridized carbons (Fsp3) is 0.174. The average molecular weight is 422 g/mol. The molecule has 7 heteroatoms. The molecule has 0 fully saturated rings. The first kappa shape index (κ1) is 20.1. The smallest absolute Gasteiger partial charge is 0.296 e. The molecule has 154 valence electrons. The van der Waals surface area contributed by atoms with Gasteiger partial charge in [-0.3, -0.25) is 4.18 Å². The molecule has 0 radical (unpaired) electrons. The molecule has 0 unspecified atom stereocenters. The van der Waals surface area contributed by atoms with Gasteiger partial charge in [-0.2, -0.15) is 13.5 Å². The SMILES string of the molecule is Cc1ccc(S(=O)(=O)OCCCNc2cccc3c2cnn3-c2ccccc2)cc1. The lowest BCUT2D eigenvalue weighted by atomic mass is 10.2. The predicted molar refractivity (Wildman–Crippen MR) is 118 cm³/mol. The number of para-hydroxylation sites is 1. The van der Waals surface area contributed by atoms with E-state index in [2.05, 4.69) is 10.4 Å². The van der Waals surface area contributed by atoms with E-state index in [0.717, 1.165) is 27.8 Å². The molecule has 0 amide bonds. The molecule has 0 atom stereocenters. The van der Waals surface area contributed by atoms with Crippen molar-refractivity contribution in [1.29, 1.82) is 0 Å². The van der Waals surface area contributed by atoms with Crippen LogP contribution in [0, 0.1) is 6.92 Å². The molecule has 1 N–H and O–H groups in total. The quantitative estimate of drug-likeness (QED) is 0.334. The highest BCUT2D eigenvalue weighted by Gasteiger charge is 2.14. The van der Waals surface area contributed by atoms with E-state index in [1.807, 2.05) is 66.3 Å². The van der Waals surface area contributed by atoms with Crippen molar-refractivity contribution in [3.8, 4) is 5.69 Å². The van der Waals surface area contributed by atoms with Crippen molar-refractivity contribution < 1.29 is 12.6 Å². The Morgan fingerprint density at radius 1 is 0.967 bits per heavy atom. The second-order valence-electron chi connectivity index (χ2n) is 7.00. The first-order valence-corrected chi connectivity index (χ1v) is 11.2. The maximum Gasteiger partial charge on any atom is 0.296 e. The van der Waals surface area contributed by atoms with Gasteiger partial charge in [0.15, 0.2) is 0 Å². The van der Waals surface area contributed by atoms with Gasteiger partial charge in [0, 0.05) is 17.6 Å². The zero-order chi connectivity index (χ0) is 21.0. The molecule has 0 saturated carbocycles. The number of aryl methyl sites for hydroxylation is 1. The van der Waals surface area contributed by atoms with Crippen molar-refractivity contribution in [1.82, 2.24) is 9.78 Å². The van der Waals surface area contributed by atoms with E-state index >= 15 is 0 Å². The molecular weight excluding hydrogens is 398 g/mol. The second-order valence-corrected chi connectivity index (χ2v) is 8.62. The third-order valence-corrected chi connectivity index (χ3v) is 6.13. The highest BCUT2D eigenvalue weighted by atomic mass is 32.2. The van der Waals surface area contributed by atoms with E-state index in [1.165, 1.54) is 0 Å². The molecule has 0 saturated heterocycles. The Morgan fingerprint density at radius 3 is 2.50 bits per heavy atom. The Labute approximate surface area is 176 Å². The van der Waals surface area contributed by atoms with Crippen LogP contribution in [0.1, 0.15) is 12.0 Å². The standard InChI is InChI=1S/C23H23N3O3S/c1-18-11-13-20(14-12-18)30(27,28)29-16-6-15-24-22-9-5-10-23-21(22)17-25-26(23)19-7-3-2-4-8-19/h2-5,7-14,17,24H,6,15-16H2,1H3. The zero-order valence-corrected chi connectivity index (χ0v) is 17.5. The van der Waals surface area contributed by atoms with Crippen LogP contribution < -0.4 is 5.32 Å². The van der Waals surface area contributed by atoms with Gasteiger partial charge in [-0.25, -0.2) is 4.68 Å². The third kappa shape index (κ3) is 4.37. The minimum atomic E-state index is -3.73. The van der Waals surface area contributed by atoms with Crippen LogP contribution in [0.25, 0.3) is 16.6 Å². The van der Waals surface area contributed by atoms with Crippen molar-refractivity contribution in [2.75, 3.05) is 18.5 Å². The monoisotopic (exact) mass is 421 g/mol. The Kier molecular flexibility index (Phi) is 5.83. The molecule has 4 rings (SSSR count). The Balaban J connectivity index is 1.37. The normalized spacial score (nSPS) is 11.6. The van der Waals surface area contributed by atoms with E-state index in [-0.39, 0.29) is 11.5 Å². The van der Waals surface area contributed by atoms with Gasteiger partial charge in [-0.05, 0) is 49.7 Å². The van der Waals surface area contributed by atoms with Crippen LogP contribution in [0.2, 0.25) is 0 Å². The lowest BCUT2D eigenvalue weighted by molar-refractivity contribution is 0.316. The maximum atomic E-state index is 12.2. The summed E-state index contributed by atoms with van der Waals surface area (Å²) in [5.41, 5.74) is 3.96. The minimum absolute atomic E-state index is 0.114. The van der Waals surface area contributed by atoms with Gasteiger partial charge >= 0.3 is 0 Å². The van der Waals surface area contributed by atoms with Crippen molar-refractivity contribution in [2.24, 2.45) is 0 Å². The van der Waals surface area contributed by atoms with Crippen LogP contribution in [0.5, 0.6) is 0 Å². The third-order valence-electron chi connectivity index (χ3n) is 4.80. The van der Waals surface area contributed by atoms with Gasteiger partial charge in [0.05, 0.1) is 28.9 Å². The van der Waals surface area contributed by atoms with Gasteiger partial charge in [-0.1, -0.05) is 42.0 Å². The topological polar surface area (TPSA) is 73.2 Å². The molecule has 0 aliphatic heterocycles. The van der Waals surface area contributed by atoms with E-state index in [1.54, 1.807) is 24.3 Å². The summed E-state index contributed by atoms with van der Waals surface area (Å²) in [4.78, 5) is 0.180. The van der Waals surface area contributed by atoms with Crippen LogP contribution in [0.4, 0.5) is 5.69 Å². The molecule has 0 aliphatic rings. The Bertz CT molecular complexity index is 1230. The van der Waals surface area contributed by atoms with Crippen molar-refractivity contribution in [2.45, 2.75) is 18.2 Å². The summed E-state index contributed by atoms with van der Waals surface area (Å²) in [6, 6.07) is 22.6. The molecule has 30 heavy (non-hydrogen) atoms. The fourth-order valence-corrected chi connectivity index (χ4v) is 4.16. The summed E-state index contributed by atoms with van der Waals surface area (Å²) < 4.78 is 31.5. The highest BCUT2D eigenvalue weighted by Crippen LogP contribution is 2.25. The molecule has 1 aromatic heterocycles. The van der Waals surface area contributed by atoms with Gasteiger partial charge < -0.3 is 5.32 Å². The van der Waals surface area contributed by atoms with Crippen LogP contribution in [0.3, 0.4) is 0 Å². The van der Waals surface area contributed by atoms with Gasteiger partial charge in [0.1, 0.15) is 0 Å². The number of nitrogens with one attached hydrogen (secondary N) is 1. The number of fused-ring (bicyclic) bond motifs is 1. The number of hydrogen-bond donors (Lipinski definition) is 1. The summed E-state index contributed by atoms with van der Waals surface area (Å²) >= 11 is 0. The summed E-state index contributed by atoms with van der Waals surface area (Å²) in [6.07, 6.45) is 2.39. The number of rotatable bonds is 8. The molecule has 1 heterocycles. The second kappa shape index (κ2) is 8.69. The van der Waals surface area contributed by atoms with Crippen molar-refractivity contribution in [3.05, 3.63) is 84.6 Å². The number of nitrogens with zero attached hydrogens (tertiary/aromatic N) is 2. The summed E-state index contributed by atoms with van der Waals surface area (Å²) in [6.45, 7) is 2.61. The number of hydrogen-bond acceptors (Lipinski definition) is 5. The Hall–Kier alpha value is -3.16. The van der Waals surface area contributed by atoms with Crippen LogP contribution in [-0.4, -0.2) is 31.3 Å². The van der Waals surface area contributed by atoms with Crippen LogP contribution in [0.15, 0.2) is 83.9 Å². The number of benzene rings is 3. The minimum Gasteiger partial charge on any atom is -0.384 e. The summed E-state index contributed by atoms with van der Waals surface area (Å²) in [7, 11) is -3.73. The molecule has 0 aliphatic carbocycles. The first-order valence-electron chi connectivity index (χ1n) is 9.77. The van der Waals surface area contributed by atoms with E-state index < -0.39 is 10.1 Å². The molecule has 3 aromatic carbocycles. The van der Waals surface area contributed by atoms with Crippen molar-refractivity contribution in [3.63, 3.8) is 0 Å². The largest absolute Gasteiger partial charge is 0.384 e. The lowest BCUT2D eigenvalue weighted by Crippen LogP contribution is -2.11. The van der Waals surface area contributed by atoms with Gasteiger partial charge in [0.25, 0.3) is 10.1 Å².